The molecule has 2 unspecified atom stereocenters. The van der Waals surface area contributed by atoms with Crippen LogP contribution in [0.1, 0.15) is 34.9 Å². The van der Waals surface area contributed by atoms with Crippen molar-refractivity contribution < 1.29 is 9.90 Å². The number of aliphatic hydroxyl groups excluding tert-OH is 1. The summed E-state index contributed by atoms with van der Waals surface area (Å²) in [5.41, 5.74) is 6.72. The Bertz CT molecular complexity index is 427. The molecule has 1 aliphatic carbocycles. The van der Waals surface area contributed by atoms with Crippen LogP contribution in [-0.4, -0.2) is 45.9 Å². The minimum Gasteiger partial charge on any atom is -0.391 e. The first-order chi connectivity index (χ1) is 8.04. The zero-order valence-corrected chi connectivity index (χ0v) is 10.1. The summed E-state index contributed by atoms with van der Waals surface area (Å²) >= 11 is 0. The Hall–Kier alpha value is -1.40. The molecule has 0 radical (unpaired) electrons. The number of carbonyl (C=O) groups excluding carboxylic acids is 1. The van der Waals surface area contributed by atoms with Gasteiger partial charge < -0.3 is 15.7 Å². The molecule has 2 atom stereocenters. The number of carbonyl (C=O) groups is 1. The second-order valence-corrected chi connectivity index (χ2v) is 4.60. The van der Waals surface area contributed by atoms with Crippen LogP contribution < -0.4 is 5.73 Å². The first kappa shape index (κ1) is 12.1. The summed E-state index contributed by atoms with van der Waals surface area (Å²) < 4.78 is 1.67. The van der Waals surface area contributed by atoms with Crippen LogP contribution >= 0.6 is 0 Å². The first-order valence-corrected chi connectivity index (χ1v) is 5.72. The lowest BCUT2D eigenvalue weighted by molar-refractivity contribution is 0.0250. The van der Waals surface area contributed by atoms with E-state index in [1.165, 1.54) is 4.90 Å². The predicted octanol–water partition coefficient (Wildman–Crippen LogP) is -0.261. The van der Waals surface area contributed by atoms with Gasteiger partial charge >= 0.3 is 0 Å². The average molecular weight is 238 g/mol. The summed E-state index contributed by atoms with van der Waals surface area (Å²) in [5.74, 6) is -0.155. The lowest BCUT2D eigenvalue weighted by Gasteiger charge is -2.32. The molecule has 2 rings (SSSR count). The van der Waals surface area contributed by atoms with E-state index in [1.54, 1.807) is 25.0 Å². The maximum Gasteiger partial charge on any atom is 0.274 e. The van der Waals surface area contributed by atoms with E-state index >= 15 is 0 Å². The average Bonchev–Trinajstić information content (AvgIpc) is 2.69. The summed E-state index contributed by atoms with van der Waals surface area (Å²) in [5, 5.41) is 13.9. The third-order valence-electron chi connectivity index (χ3n) is 3.18. The van der Waals surface area contributed by atoms with Crippen LogP contribution in [0.2, 0.25) is 0 Å². The predicted molar refractivity (Wildman–Crippen MR) is 62.4 cm³/mol. The molecule has 1 fully saturated rings. The van der Waals surface area contributed by atoms with Gasteiger partial charge in [0, 0.05) is 32.4 Å². The van der Waals surface area contributed by atoms with Gasteiger partial charge in [0.1, 0.15) is 0 Å². The number of amides is 1. The summed E-state index contributed by atoms with van der Waals surface area (Å²) in [6.45, 7) is 0.276. The second-order valence-electron chi connectivity index (χ2n) is 4.60. The van der Waals surface area contributed by atoms with E-state index in [0.717, 1.165) is 18.4 Å². The van der Waals surface area contributed by atoms with Crippen molar-refractivity contribution in [2.75, 3.05) is 14.1 Å². The molecule has 94 valence electrons. The molecule has 1 aliphatic rings. The quantitative estimate of drug-likeness (QED) is 0.760. The monoisotopic (exact) mass is 238 g/mol. The fourth-order valence-electron chi connectivity index (χ4n) is 1.91. The number of aromatic nitrogens is 2. The van der Waals surface area contributed by atoms with Crippen molar-refractivity contribution in [2.24, 2.45) is 5.73 Å². The van der Waals surface area contributed by atoms with Crippen LogP contribution in [0.4, 0.5) is 0 Å². The van der Waals surface area contributed by atoms with Gasteiger partial charge in [0.25, 0.3) is 5.91 Å². The highest BCUT2D eigenvalue weighted by molar-refractivity contribution is 5.93. The number of nitrogens with zero attached hydrogens (tertiary/aromatic N) is 3. The van der Waals surface area contributed by atoms with Gasteiger partial charge in [0.15, 0.2) is 5.69 Å². The number of aliphatic hydroxyl groups is 1. The standard InChI is InChI=1S/C11H18N4O2/c1-14(2)11(17)10-7(5-12)6-15(13-10)8-3-4-9(8)16/h6,8-9,16H,3-5,12H2,1-2H3. The van der Waals surface area contributed by atoms with Crippen molar-refractivity contribution >= 4 is 5.91 Å². The van der Waals surface area contributed by atoms with Crippen LogP contribution in [0, 0.1) is 0 Å². The molecule has 1 saturated carbocycles. The van der Waals surface area contributed by atoms with Crippen LogP contribution in [0.25, 0.3) is 0 Å². The van der Waals surface area contributed by atoms with Gasteiger partial charge in [-0.3, -0.25) is 9.48 Å². The summed E-state index contributed by atoms with van der Waals surface area (Å²) in [7, 11) is 3.36. The fourth-order valence-corrected chi connectivity index (χ4v) is 1.91. The Balaban J connectivity index is 2.29. The Labute approximate surface area is 100 Å². The summed E-state index contributed by atoms with van der Waals surface area (Å²) in [4.78, 5) is 13.4. The molecule has 0 aromatic carbocycles. The summed E-state index contributed by atoms with van der Waals surface area (Å²) in [6, 6.07) is -0.0102. The molecular weight excluding hydrogens is 220 g/mol. The topological polar surface area (TPSA) is 84.4 Å². The molecule has 6 nitrogen and oxygen atoms in total. The van der Waals surface area contributed by atoms with Crippen molar-refractivity contribution in [3.05, 3.63) is 17.5 Å². The van der Waals surface area contributed by atoms with Crippen LogP contribution in [0.15, 0.2) is 6.20 Å². The number of hydrogen-bond donors (Lipinski definition) is 2. The Morgan fingerprint density at radius 3 is 2.76 bits per heavy atom. The molecule has 0 aliphatic heterocycles. The van der Waals surface area contributed by atoms with Gasteiger partial charge in [-0.2, -0.15) is 5.10 Å². The van der Waals surface area contributed by atoms with Gasteiger partial charge in [0.2, 0.25) is 0 Å². The molecule has 1 aromatic rings. The van der Waals surface area contributed by atoms with Gasteiger partial charge in [0.05, 0.1) is 12.1 Å². The van der Waals surface area contributed by atoms with Gasteiger partial charge in [-0.05, 0) is 12.8 Å². The van der Waals surface area contributed by atoms with E-state index in [4.69, 9.17) is 5.73 Å². The highest BCUT2D eigenvalue weighted by Crippen LogP contribution is 2.32. The lowest BCUT2D eigenvalue weighted by Crippen LogP contribution is -2.34. The van der Waals surface area contributed by atoms with E-state index in [2.05, 4.69) is 5.10 Å². The molecule has 6 heteroatoms. The van der Waals surface area contributed by atoms with Crippen molar-refractivity contribution in [3.63, 3.8) is 0 Å². The van der Waals surface area contributed by atoms with Gasteiger partial charge in [-0.1, -0.05) is 0 Å². The van der Waals surface area contributed by atoms with Crippen LogP contribution in [0.3, 0.4) is 0 Å². The second kappa shape index (κ2) is 4.46. The maximum atomic E-state index is 11.9. The number of nitrogens with two attached hydrogens (primary N) is 1. The number of rotatable bonds is 3. The van der Waals surface area contributed by atoms with E-state index < -0.39 is 0 Å². The zero-order valence-electron chi connectivity index (χ0n) is 10.1. The van der Waals surface area contributed by atoms with E-state index in [0.29, 0.717) is 5.69 Å². The van der Waals surface area contributed by atoms with Crippen molar-refractivity contribution in [2.45, 2.75) is 31.5 Å². The Kier molecular flexibility index (Phi) is 3.17. The maximum absolute atomic E-state index is 11.9. The Morgan fingerprint density at radius 1 is 1.65 bits per heavy atom. The molecule has 1 heterocycles. The van der Waals surface area contributed by atoms with Crippen LogP contribution in [-0.2, 0) is 6.54 Å². The SMILES string of the molecule is CN(C)C(=O)c1nn(C2CCC2O)cc1CN. The van der Waals surface area contributed by atoms with E-state index in [1.807, 2.05) is 0 Å². The molecule has 3 N–H and O–H groups in total. The first-order valence-electron chi connectivity index (χ1n) is 5.72. The zero-order chi connectivity index (χ0) is 12.6. The fraction of sp³-hybridized carbons (Fsp3) is 0.636. The smallest absolute Gasteiger partial charge is 0.274 e. The third-order valence-corrected chi connectivity index (χ3v) is 3.18. The van der Waals surface area contributed by atoms with Gasteiger partial charge in [-0.25, -0.2) is 0 Å². The normalized spacial score (nSPS) is 23.3. The molecular formula is C11H18N4O2. The molecule has 17 heavy (non-hydrogen) atoms. The summed E-state index contributed by atoms with van der Waals surface area (Å²) in [6.07, 6.45) is 3.09. The van der Waals surface area contributed by atoms with E-state index in [-0.39, 0.29) is 24.6 Å². The molecule has 0 spiro atoms. The molecule has 1 amide bonds. The lowest BCUT2D eigenvalue weighted by atomic mass is 9.89. The largest absolute Gasteiger partial charge is 0.391 e. The molecule has 1 aromatic heterocycles. The number of hydrogen-bond acceptors (Lipinski definition) is 4. The van der Waals surface area contributed by atoms with Crippen molar-refractivity contribution in [1.29, 1.82) is 0 Å². The van der Waals surface area contributed by atoms with E-state index in [9.17, 15) is 9.90 Å². The minimum atomic E-state index is -0.358. The highest BCUT2D eigenvalue weighted by Gasteiger charge is 2.32. The van der Waals surface area contributed by atoms with Gasteiger partial charge in [-0.15, -0.1) is 0 Å². The molecule has 0 bridgehead atoms. The third kappa shape index (κ3) is 2.05. The Morgan fingerprint density at radius 2 is 2.35 bits per heavy atom. The van der Waals surface area contributed by atoms with Crippen molar-refractivity contribution in [1.82, 2.24) is 14.7 Å². The molecule has 0 saturated heterocycles. The highest BCUT2D eigenvalue weighted by atomic mass is 16.3. The van der Waals surface area contributed by atoms with Crippen LogP contribution in [0.5, 0.6) is 0 Å². The van der Waals surface area contributed by atoms with Crippen molar-refractivity contribution in [3.8, 4) is 0 Å². The minimum absolute atomic E-state index is 0.0102.